The number of benzene rings is 2. The summed E-state index contributed by atoms with van der Waals surface area (Å²) in [7, 11) is 3.27. The van der Waals surface area contributed by atoms with Gasteiger partial charge in [-0.3, -0.25) is 0 Å². The lowest BCUT2D eigenvalue weighted by Crippen LogP contribution is -2.02. The Labute approximate surface area is 139 Å². The van der Waals surface area contributed by atoms with Crippen molar-refractivity contribution in [3.05, 3.63) is 64.7 Å². The van der Waals surface area contributed by atoms with E-state index in [9.17, 15) is 0 Å². The van der Waals surface area contributed by atoms with Crippen LogP contribution < -0.4 is 4.74 Å². The van der Waals surface area contributed by atoms with Crippen LogP contribution in [-0.2, 0) is 16.5 Å². The molecule has 0 amide bonds. The fourth-order valence-corrected chi connectivity index (χ4v) is 2.78. The molecule has 0 N–H and O–H groups in total. The molecule has 0 atom stereocenters. The van der Waals surface area contributed by atoms with Crippen LogP contribution in [0.2, 0.25) is 0 Å². The van der Waals surface area contributed by atoms with Gasteiger partial charge < -0.3 is 9.47 Å². The van der Waals surface area contributed by atoms with E-state index in [0.717, 1.165) is 23.1 Å². The van der Waals surface area contributed by atoms with Crippen LogP contribution in [0.3, 0.4) is 0 Å². The Balaban J connectivity index is 2.24. The minimum atomic E-state index is 0.521. The highest BCUT2D eigenvalue weighted by Crippen LogP contribution is 2.21. The van der Waals surface area contributed by atoms with E-state index >= 15 is 0 Å². The molecule has 0 aliphatic heterocycles. The molecule has 0 aliphatic carbocycles. The largest absolute Gasteiger partial charge is 0.497 e. The highest BCUT2D eigenvalue weighted by Gasteiger charge is 2.07. The molecule has 0 bridgehead atoms. The van der Waals surface area contributed by atoms with Gasteiger partial charge in [0.1, 0.15) is 5.75 Å². The minimum absolute atomic E-state index is 0.521. The van der Waals surface area contributed by atoms with E-state index < -0.39 is 0 Å². The van der Waals surface area contributed by atoms with Gasteiger partial charge in [0, 0.05) is 10.9 Å². The van der Waals surface area contributed by atoms with Gasteiger partial charge in [-0.2, -0.15) is 0 Å². The SMILES string of the molecule is COC(=S)c1ccc(Cc2ccc(OC)cc2)c(CBr)c1. The summed E-state index contributed by atoms with van der Waals surface area (Å²) in [4.78, 5) is 0. The monoisotopic (exact) mass is 364 g/mol. The number of ether oxygens (including phenoxy) is 2. The highest BCUT2D eigenvalue weighted by molar-refractivity contribution is 9.08. The van der Waals surface area contributed by atoms with Crippen LogP contribution in [0.1, 0.15) is 22.3 Å². The second-order valence-corrected chi connectivity index (χ2v) is 5.57. The van der Waals surface area contributed by atoms with Gasteiger partial charge in [-0.15, -0.1) is 0 Å². The second-order valence-electron chi connectivity index (χ2n) is 4.63. The van der Waals surface area contributed by atoms with Gasteiger partial charge in [-0.05, 0) is 53.5 Å². The number of thiocarbonyl (C=S) groups is 1. The van der Waals surface area contributed by atoms with Gasteiger partial charge >= 0.3 is 0 Å². The van der Waals surface area contributed by atoms with Crippen LogP contribution >= 0.6 is 28.1 Å². The van der Waals surface area contributed by atoms with Gasteiger partial charge in [0.15, 0.2) is 5.05 Å². The van der Waals surface area contributed by atoms with Crippen molar-refractivity contribution >= 4 is 33.2 Å². The topological polar surface area (TPSA) is 18.5 Å². The molecule has 2 aromatic carbocycles. The molecular formula is C17H17BrO2S. The number of alkyl halides is 1. The van der Waals surface area contributed by atoms with Crippen molar-refractivity contribution in [2.75, 3.05) is 14.2 Å². The lowest BCUT2D eigenvalue weighted by Gasteiger charge is -2.11. The maximum absolute atomic E-state index is 5.18. The zero-order valence-electron chi connectivity index (χ0n) is 12.1. The van der Waals surface area contributed by atoms with Crippen molar-refractivity contribution in [3.63, 3.8) is 0 Å². The third-order valence-electron chi connectivity index (χ3n) is 3.32. The molecule has 0 spiro atoms. The zero-order chi connectivity index (χ0) is 15.2. The molecule has 0 unspecified atom stereocenters. The van der Waals surface area contributed by atoms with E-state index in [1.807, 2.05) is 18.2 Å². The summed E-state index contributed by atoms with van der Waals surface area (Å²) in [5.74, 6) is 0.875. The van der Waals surface area contributed by atoms with E-state index in [1.165, 1.54) is 16.7 Å². The fraction of sp³-hybridized carbons (Fsp3) is 0.235. The first kappa shape index (κ1) is 16.0. The molecule has 0 saturated carbocycles. The lowest BCUT2D eigenvalue weighted by atomic mass is 9.98. The maximum Gasteiger partial charge on any atom is 0.190 e. The number of halogens is 1. The Morgan fingerprint density at radius 2 is 1.76 bits per heavy atom. The first-order valence-electron chi connectivity index (χ1n) is 6.57. The van der Waals surface area contributed by atoms with Crippen LogP contribution in [0.5, 0.6) is 5.75 Å². The molecule has 21 heavy (non-hydrogen) atoms. The van der Waals surface area contributed by atoms with Crippen LogP contribution in [0, 0.1) is 0 Å². The van der Waals surface area contributed by atoms with Crippen molar-refractivity contribution in [1.29, 1.82) is 0 Å². The molecule has 0 heterocycles. The van der Waals surface area contributed by atoms with Gasteiger partial charge in [0.25, 0.3) is 0 Å². The average molecular weight is 365 g/mol. The van der Waals surface area contributed by atoms with Crippen molar-refractivity contribution in [1.82, 2.24) is 0 Å². The van der Waals surface area contributed by atoms with Crippen molar-refractivity contribution < 1.29 is 9.47 Å². The molecule has 0 radical (unpaired) electrons. The van der Waals surface area contributed by atoms with E-state index in [1.54, 1.807) is 14.2 Å². The fourth-order valence-electron chi connectivity index (χ4n) is 2.13. The van der Waals surface area contributed by atoms with Gasteiger partial charge in [0.05, 0.1) is 14.2 Å². The smallest absolute Gasteiger partial charge is 0.190 e. The van der Waals surface area contributed by atoms with E-state index in [0.29, 0.717) is 5.05 Å². The molecule has 2 nitrogen and oxygen atoms in total. The lowest BCUT2D eigenvalue weighted by molar-refractivity contribution is 0.414. The normalized spacial score (nSPS) is 10.2. The first-order chi connectivity index (χ1) is 10.2. The van der Waals surface area contributed by atoms with Crippen LogP contribution in [0.25, 0.3) is 0 Å². The Morgan fingerprint density at radius 3 is 2.33 bits per heavy atom. The molecular weight excluding hydrogens is 348 g/mol. The number of rotatable bonds is 5. The Kier molecular flexibility index (Phi) is 5.76. The predicted octanol–water partition coefficient (Wildman–Crippen LogP) is 4.50. The Hall–Kier alpha value is -1.39. The molecule has 0 aromatic heterocycles. The van der Waals surface area contributed by atoms with Gasteiger partial charge in [0.2, 0.25) is 0 Å². The molecule has 0 saturated heterocycles. The summed E-state index contributed by atoms with van der Waals surface area (Å²) in [6.07, 6.45) is 0.880. The molecule has 110 valence electrons. The van der Waals surface area contributed by atoms with Crippen LogP contribution in [0.15, 0.2) is 42.5 Å². The van der Waals surface area contributed by atoms with Gasteiger partial charge in [-0.1, -0.05) is 40.2 Å². The predicted molar refractivity (Wildman–Crippen MR) is 93.6 cm³/mol. The number of hydrogen-bond acceptors (Lipinski definition) is 3. The highest BCUT2D eigenvalue weighted by atomic mass is 79.9. The third-order valence-corrected chi connectivity index (χ3v) is 4.33. The molecule has 0 aliphatic rings. The quantitative estimate of drug-likeness (QED) is 0.574. The average Bonchev–Trinajstić information content (AvgIpc) is 2.55. The van der Waals surface area contributed by atoms with Crippen LogP contribution in [-0.4, -0.2) is 19.3 Å². The number of methoxy groups -OCH3 is 2. The van der Waals surface area contributed by atoms with E-state index in [-0.39, 0.29) is 0 Å². The third kappa shape index (κ3) is 4.05. The summed E-state index contributed by atoms with van der Waals surface area (Å²) in [6.45, 7) is 0. The summed E-state index contributed by atoms with van der Waals surface area (Å²) in [5.41, 5.74) is 4.70. The van der Waals surface area contributed by atoms with E-state index in [4.69, 9.17) is 21.7 Å². The van der Waals surface area contributed by atoms with Gasteiger partial charge in [-0.25, -0.2) is 0 Å². The van der Waals surface area contributed by atoms with Crippen molar-refractivity contribution in [2.24, 2.45) is 0 Å². The summed E-state index contributed by atoms with van der Waals surface area (Å²) < 4.78 is 10.3. The molecule has 2 rings (SSSR count). The standard InChI is InChI=1S/C17H17BrO2S/c1-19-16-7-3-12(4-8-16)9-13-5-6-14(17(21)20-2)10-15(13)11-18/h3-8,10H,9,11H2,1-2H3. The Morgan fingerprint density at radius 1 is 1.05 bits per heavy atom. The summed E-state index contributed by atoms with van der Waals surface area (Å²) in [5, 5.41) is 1.31. The van der Waals surface area contributed by atoms with Crippen molar-refractivity contribution in [3.8, 4) is 5.75 Å². The first-order valence-corrected chi connectivity index (χ1v) is 8.10. The van der Waals surface area contributed by atoms with E-state index in [2.05, 4.69) is 40.2 Å². The summed E-state index contributed by atoms with van der Waals surface area (Å²) in [6, 6.07) is 14.3. The molecule has 4 heteroatoms. The second kappa shape index (κ2) is 7.57. The van der Waals surface area contributed by atoms with Crippen LogP contribution in [0.4, 0.5) is 0 Å². The van der Waals surface area contributed by atoms with Crippen molar-refractivity contribution in [2.45, 2.75) is 11.8 Å². The number of hydrogen-bond donors (Lipinski definition) is 0. The molecule has 0 fully saturated rings. The minimum Gasteiger partial charge on any atom is -0.497 e. The maximum atomic E-state index is 5.18. The Bertz CT molecular complexity index is 623. The molecule has 2 aromatic rings. The zero-order valence-corrected chi connectivity index (χ0v) is 14.5. The summed E-state index contributed by atoms with van der Waals surface area (Å²) >= 11 is 8.72.